The molecule has 0 bridgehead atoms. The molecule has 1 aliphatic carbocycles. The Morgan fingerprint density at radius 3 is 2.59 bits per heavy atom. The third kappa shape index (κ3) is 3.54. The van der Waals surface area contributed by atoms with E-state index in [0.717, 1.165) is 24.2 Å². The first-order chi connectivity index (χ1) is 13.1. The lowest BCUT2D eigenvalue weighted by atomic mass is 9.95. The third-order valence-electron chi connectivity index (χ3n) is 5.53. The number of methoxy groups -OCH3 is 1. The fourth-order valence-electron chi connectivity index (χ4n) is 3.53. The number of rotatable bonds is 6. The summed E-state index contributed by atoms with van der Waals surface area (Å²) in [5.41, 5.74) is 2.45. The van der Waals surface area contributed by atoms with E-state index in [1.165, 1.54) is 10.6 Å². The summed E-state index contributed by atoms with van der Waals surface area (Å²) in [4.78, 5) is 12.0. The molecule has 0 N–H and O–H groups in total. The Morgan fingerprint density at radius 1 is 1.15 bits per heavy atom. The topological polar surface area (TPSA) is 51.1 Å². The molecule has 0 spiro atoms. The minimum atomic E-state index is -0.0361. The van der Waals surface area contributed by atoms with E-state index in [2.05, 4.69) is 29.4 Å². The fraction of sp³-hybridized carbons (Fsp3) is 0.364. The van der Waals surface area contributed by atoms with Crippen molar-refractivity contribution in [1.29, 1.82) is 0 Å². The monoisotopic (exact) mass is 364 g/mol. The maximum absolute atomic E-state index is 12.0. The minimum absolute atomic E-state index is 0.0156. The molecule has 1 fully saturated rings. The maximum Gasteiger partial charge on any atom is 0.243 e. The fourth-order valence-corrected chi connectivity index (χ4v) is 3.53. The van der Waals surface area contributed by atoms with Gasteiger partial charge in [-0.15, -0.1) is 0 Å². The summed E-state index contributed by atoms with van der Waals surface area (Å²) in [6.45, 7) is 0.622. The highest BCUT2D eigenvalue weighted by molar-refractivity contribution is 5.86. The van der Waals surface area contributed by atoms with Crippen molar-refractivity contribution in [2.75, 3.05) is 20.8 Å². The first-order valence-electron chi connectivity index (χ1n) is 9.28. The Balaban J connectivity index is 1.54. The molecule has 0 radical (unpaired) electrons. The highest BCUT2D eigenvalue weighted by Gasteiger charge is 2.45. The number of benzene rings is 2. The van der Waals surface area contributed by atoms with E-state index >= 15 is 0 Å². The number of carbonyl (C=O) groups is 1. The quantitative estimate of drug-likeness (QED) is 0.785. The Kier molecular flexibility index (Phi) is 4.60. The molecule has 1 atom stereocenters. The van der Waals surface area contributed by atoms with E-state index in [9.17, 15) is 4.79 Å². The molecule has 1 heterocycles. The average molecular weight is 364 g/mol. The van der Waals surface area contributed by atoms with Crippen molar-refractivity contribution in [3.8, 4) is 11.5 Å². The van der Waals surface area contributed by atoms with Gasteiger partial charge in [0.25, 0.3) is 0 Å². The van der Waals surface area contributed by atoms with E-state index in [0.29, 0.717) is 18.8 Å². The van der Waals surface area contributed by atoms with Crippen molar-refractivity contribution in [2.24, 2.45) is 5.10 Å². The van der Waals surface area contributed by atoms with Gasteiger partial charge >= 0.3 is 0 Å². The summed E-state index contributed by atoms with van der Waals surface area (Å²) >= 11 is 0. The standard InChI is InChI=1S/C22H24N2O3/c1-24-21(25)13-17(14-23-24)16-8-9-19(26-2)20(12-16)27-15-22(10-11-22)18-6-4-3-5-7-18/h3-9,12,14,17H,10-11,13,15H2,1-2H3. The molecule has 0 aromatic heterocycles. The van der Waals surface area contributed by atoms with Gasteiger partial charge < -0.3 is 9.47 Å². The molecule has 1 unspecified atom stereocenters. The molecule has 0 saturated heterocycles. The van der Waals surface area contributed by atoms with Gasteiger partial charge in [-0.2, -0.15) is 5.10 Å². The summed E-state index contributed by atoms with van der Waals surface area (Å²) in [7, 11) is 3.32. The third-order valence-corrected chi connectivity index (χ3v) is 5.53. The lowest BCUT2D eigenvalue weighted by Gasteiger charge is -2.23. The number of amides is 1. The van der Waals surface area contributed by atoms with Crippen LogP contribution in [-0.2, 0) is 10.2 Å². The van der Waals surface area contributed by atoms with Gasteiger partial charge in [-0.1, -0.05) is 36.4 Å². The van der Waals surface area contributed by atoms with Crippen LogP contribution < -0.4 is 9.47 Å². The van der Waals surface area contributed by atoms with Crippen LogP contribution in [0.25, 0.3) is 0 Å². The molecule has 5 heteroatoms. The Hall–Kier alpha value is -2.82. The number of ether oxygens (including phenoxy) is 2. The average Bonchev–Trinajstić information content (AvgIpc) is 3.50. The highest BCUT2D eigenvalue weighted by Crippen LogP contribution is 2.48. The van der Waals surface area contributed by atoms with Gasteiger partial charge in [0, 0.05) is 31.0 Å². The first kappa shape index (κ1) is 17.6. The number of hydrazone groups is 1. The predicted octanol–water partition coefficient (Wildman–Crippen LogP) is 3.74. The van der Waals surface area contributed by atoms with Crippen LogP contribution in [0.3, 0.4) is 0 Å². The van der Waals surface area contributed by atoms with Crippen LogP contribution in [0.1, 0.15) is 36.3 Å². The normalized spacial score (nSPS) is 20.4. The van der Waals surface area contributed by atoms with E-state index in [1.54, 1.807) is 14.2 Å². The molecule has 2 aromatic carbocycles. The van der Waals surface area contributed by atoms with Crippen molar-refractivity contribution in [1.82, 2.24) is 5.01 Å². The van der Waals surface area contributed by atoms with Gasteiger partial charge in [-0.25, -0.2) is 5.01 Å². The molecule has 1 saturated carbocycles. The number of hydrogen-bond acceptors (Lipinski definition) is 4. The minimum Gasteiger partial charge on any atom is -0.493 e. The SMILES string of the molecule is COc1ccc(C2C=NN(C)C(=O)C2)cc1OCC1(c2ccccc2)CC1. The Morgan fingerprint density at radius 2 is 1.93 bits per heavy atom. The second-order valence-electron chi connectivity index (χ2n) is 7.34. The molecule has 5 nitrogen and oxygen atoms in total. The van der Waals surface area contributed by atoms with Gasteiger partial charge in [-0.3, -0.25) is 4.79 Å². The van der Waals surface area contributed by atoms with Gasteiger partial charge in [0.15, 0.2) is 11.5 Å². The molecule has 1 aliphatic heterocycles. The molecule has 1 amide bonds. The summed E-state index contributed by atoms with van der Waals surface area (Å²) in [6, 6.07) is 16.4. The van der Waals surface area contributed by atoms with Crippen LogP contribution in [-0.4, -0.2) is 37.9 Å². The van der Waals surface area contributed by atoms with E-state index in [1.807, 2.05) is 30.5 Å². The second-order valence-corrected chi connectivity index (χ2v) is 7.34. The maximum atomic E-state index is 12.0. The summed E-state index contributed by atoms with van der Waals surface area (Å²) in [6.07, 6.45) is 4.50. The Bertz CT molecular complexity index is 859. The number of hydrogen-bond donors (Lipinski definition) is 0. The van der Waals surface area contributed by atoms with Crippen LogP contribution in [0, 0.1) is 0 Å². The van der Waals surface area contributed by atoms with Crippen LogP contribution in [0.5, 0.6) is 11.5 Å². The van der Waals surface area contributed by atoms with Gasteiger partial charge in [0.05, 0.1) is 13.7 Å². The van der Waals surface area contributed by atoms with Gasteiger partial charge in [-0.05, 0) is 36.1 Å². The van der Waals surface area contributed by atoms with Crippen molar-refractivity contribution in [3.05, 3.63) is 59.7 Å². The zero-order chi connectivity index (χ0) is 18.9. The zero-order valence-electron chi connectivity index (χ0n) is 15.7. The molecular formula is C22H24N2O3. The molecule has 140 valence electrons. The zero-order valence-corrected chi connectivity index (χ0v) is 15.7. The van der Waals surface area contributed by atoms with Crippen molar-refractivity contribution in [3.63, 3.8) is 0 Å². The largest absolute Gasteiger partial charge is 0.493 e. The molecule has 4 rings (SSSR count). The molecule has 27 heavy (non-hydrogen) atoms. The van der Waals surface area contributed by atoms with Crippen molar-refractivity contribution < 1.29 is 14.3 Å². The predicted molar refractivity (Wildman–Crippen MR) is 104 cm³/mol. The van der Waals surface area contributed by atoms with Gasteiger partial charge in [0.1, 0.15) is 0 Å². The lowest BCUT2D eigenvalue weighted by Crippen LogP contribution is -2.28. The Labute approximate surface area is 159 Å². The number of carbonyl (C=O) groups excluding carboxylic acids is 1. The van der Waals surface area contributed by atoms with Crippen LogP contribution in [0.2, 0.25) is 0 Å². The van der Waals surface area contributed by atoms with E-state index < -0.39 is 0 Å². The number of nitrogens with zero attached hydrogens (tertiary/aromatic N) is 2. The first-order valence-corrected chi connectivity index (χ1v) is 9.28. The van der Waals surface area contributed by atoms with Crippen LogP contribution in [0.4, 0.5) is 0 Å². The van der Waals surface area contributed by atoms with Crippen molar-refractivity contribution in [2.45, 2.75) is 30.6 Å². The smallest absolute Gasteiger partial charge is 0.243 e. The van der Waals surface area contributed by atoms with Gasteiger partial charge in [0.2, 0.25) is 5.91 Å². The van der Waals surface area contributed by atoms with Crippen LogP contribution >= 0.6 is 0 Å². The summed E-state index contributed by atoms with van der Waals surface area (Å²) in [5, 5.41) is 5.55. The molecular weight excluding hydrogens is 340 g/mol. The summed E-state index contributed by atoms with van der Waals surface area (Å²) < 4.78 is 11.7. The van der Waals surface area contributed by atoms with E-state index in [-0.39, 0.29) is 17.2 Å². The van der Waals surface area contributed by atoms with E-state index in [4.69, 9.17) is 9.47 Å². The summed E-state index contributed by atoms with van der Waals surface area (Å²) in [5.74, 6) is 1.41. The van der Waals surface area contributed by atoms with Crippen molar-refractivity contribution >= 4 is 12.1 Å². The molecule has 2 aliphatic rings. The lowest BCUT2D eigenvalue weighted by molar-refractivity contribution is -0.130. The second kappa shape index (κ2) is 7.06. The van der Waals surface area contributed by atoms with Crippen LogP contribution in [0.15, 0.2) is 53.6 Å². The molecule has 2 aromatic rings. The highest BCUT2D eigenvalue weighted by atomic mass is 16.5.